The van der Waals surface area contributed by atoms with Crippen LogP contribution in [0.1, 0.15) is 52.7 Å². The fourth-order valence-corrected chi connectivity index (χ4v) is 6.46. The molecule has 11 nitrogen and oxygen atoms in total. The van der Waals surface area contributed by atoms with Crippen molar-refractivity contribution in [3.05, 3.63) is 70.7 Å². The summed E-state index contributed by atoms with van der Waals surface area (Å²) in [5.74, 6) is -2.14. The minimum atomic E-state index is -4.82. The molecule has 1 aliphatic carbocycles. The summed E-state index contributed by atoms with van der Waals surface area (Å²) < 4.78 is 87.6. The Kier molecular flexibility index (Phi) is 10.7. The molecule has 2 heterocycles. The van der Waals surface area contributed by atoms with Gasteiger partial charge in [-0.05, 0) is 68.0 Å². The molecule has 2 fully saturated rings. The summed E-state index contributed by atoms with van der Waals surface area (Å²) in [5, 5.41) is 8.22. The minimum Gasteiger partial charge on any atom is -0.379 e. The maximum atomic E-state index is 15.2. The van der Waals surface area contributed by atoms with Crippen LogP contribution in [-0.2, 0) is 27.5 Å². The van der Waals surface area contributed by atoms with Gasteiger partial charge < -0.3 is 20.7 Å². The molecule has 260 valence electrons. The second kappa shape index (κ2) is 14.6. The summed E-state index contributed by atoms with van der Waals surface area (Å²) in [4.78, 5) is 23.1. The number of nitrogens with zero attached hydrogens (tertiary/aromatic N) is 4. The third kappa shape index (κ3) is 8.71. The van der Waals surface area contributed by atoms with Gasteiger partial charge in [-0.25, -0.2) is 17.8 Å². The average molecular weight is 694 g/mol. The molecule has 48 heavy (non-hydrogen) atoms. The Morgan fingerprint density at radius 3 is 2.44 bits per heavy atom. The Balaban J connectivity index is 1.26. The molecule has 2 aliphatic rings. The normalized spacial score (nSPS) is 19.1. The van der Waals surface area contributed by atoms with Crippen LogP contribution in [-0.4, -0.2) is 80.9 Å². The molecule has 3 aromatic rings. The van der Waals surface area contributed by atoms with Crippen LogP contribution in [0.2, 0.25) is 0 Å². The molecule has 1 saturated heterocycles. The smallest absolute Gasteiger partial charge is 0.379 e. The summed E-state index contributed by atoms with van der Waals surface area (Å²) in [6.07, 6.45) is 0.319. The van der Waals surface area contributed by atoms with E-state index < -0.39 is 39.3 Å². The van der Waals surface area contributed by atoms with E-state index >= 15 is 4.39 Å². The number of carbonyl (C=O) groups is 1. The highest BCUT2D eigenvalue weighted by molar-refractivity contribution is 7.92. The van der Waals surface area contributed by atoms with Gasteiger partial charge in [-0.2, -0.15) is 18.2 Å². The summed E-state index contributed by atoms with van der Waals surface area (Å²) in [7, 11) is -2.30. The van der Waals surface area contributed by atoms with E-state index in [1.54, 1.807) is 25.1 Å². The van der Waals surface area contributed by atoms with Crippen molar-refractivity contribution in [3.8, 4) is 0 Å². The van der Waals surface area contributed by atoms with Gasteiger partial charge in [0.1, 0.15) is 17.2 Å². The number of nitrogens with one attached hydrogen (secondary N) is 3. The molecular weight excluding hydrogens is 654 g/mol. The third-order valence-electron chi connectivity index (χ3n) is 8.69. The van der Waals surface area contributed by atoms with Gasteiger partial charge >= 0.3 is 6.18 Å². The van der Waals surface area contributed by atoms with Crippen LogP contribution in [0.3, 0.4) is 0 Å². The Morgan fingerprint density at radius 1 is 1.08 bits per heavy atom. The lowest BCUT2D eigenvalue weighted by Gasteiger charge is -2.38. The monoisotopic (exact) mass is 693 g/mol. The van der Waals surface area contributed by atoms with Gasteiger partial charge in [0.25, 0.3) is 5.91 Å². The number of rotatable bonds is 10. The molecule has 1 saturated carbocycles. The summed E-state index contributed by atoms with van der Waals surface area (Å²) >= 11 is 0. The van der Waals surface area contributed by atoms with Crippen LogP contribution in [0.4, 0.5) is 40.7 Å². The average Bonchev–Trinajstić information content (AvgIpc) is 3.04. The Morgan fingerprint density at radius 2 is 1.79 bits per heavy atom. The second-order valence-electron chi connectivity index (χ2n) is 12.1. The highest BCUT2D eigenvalue weighted by atomic mass is 32.2. The summed E-state index contributed by atoms with van der Waals surface area (Å²) in [5.41, 5.74) is 0.254. The predicted molar refractivity (Wildman–Crippen MR) is 174 cm³/mol. The zero-order valence-electron chi connectivity index (χ0n) is 26.9. The SMILES string of the molecule is Cc1ccc(CNc2nc(Nc3ccc(C(=O)NC4CCC(N5CCOCC5)CC4)cc3F)ncc2C(F)(F)F)c(N(C)S(C)(=O)=O)c1. The number of amides is 1. The van der Waals surface area contributed by atoms with Gasteiger partial charge in [-0.3, -0.25) is 14.0 Å². The van der Waals surface area contributed by atoms with E-state index in [0.717, 1.165) is 74.2 Å². The fourth-order valence-electron chi connectivity index (χ4n) is 5.93. The Bertz CT molecular complexity index is 1730. The summed E-state index contributed by atoms with van der Waals surface area (Å²) in [6.45, 7) is 4.85. The zero-order chi connectivity index (χ0) is 34.6. The van der Waals surface area contributed by atoms with Gasteiger partial charge in [0.15, 0.2) is 0 Å². The van der Waals surface area contributed by atoms with E-state index in [4.69, 9.17) is 4.74 Å². The van der Waals surface area contributed by atoms with E-state index in [9.17, 15) is 26.4 Å². The molecular formula is C32H39F4N7O4S. The molecule has 1 aliphatic heterocycles. The third-order valence-corrected chi connectivity index (χ3v) is 9.88. The lowest BCUT2D eigenvalue weighted by Crippen LogP contribution is -2.47. The fraction of sp³-hybridized carbons (Fsp3) is 0.469. The van der Waals surface area contributed by atoms with Crippen molar-refractivity contribution in [2.24, 2.45) is 0 Å². The van der Waals surface area contributed by atoms with Crippen molar-refractivity contribution in [2.45, 2.75) is 57.4 Å². The van der Waals surface area contributed by atoms with Crippen molar-refractivity contribution >= 4 is 39.1 Å². The molecule has 1 aromatic heterocycles. The van der Waals surface area contributed by atoms with Crippen LogP contribution >= 0.6 is 0 Å². The number of morpholine rings is 1. The lowest BCUT2D eigenvalue weighted by molar-refractivity contribution is -0.137. The van der Waals surface area contributed by atoms with E-state index in [1.807, 2.05) is 0 Å². The van der Waals surface area contributed by atoms with Gasteiger partial charge in [-0.1, -0.05) is 12.1 Å². The number of alkyl halides is 3. The van der Waals surface area contributed by atoms with Crippen LogP contribution < -0.4 is 20.3 Å². The number of carbonyl (C=O) groups excluding carboxylic acids is 1. The van der Waals surface area contributed by atoms with E-state index in [2.05, 4.69) is 30.8 Å². The molecule has 5 rings (SSSR count). The number of hydrogen-bond donors (Lipinski definition) is 3. The number of sulfonamides is 1. The molecule has 2 aromatic carbocycles. The van der Waals surface area contributed by atoms with E-state index in [1.165, 1.54) is 19.2 Å². The van der Waals surface area contributed by atoms with Crippen LogP contribution in [0.15, 0.2) is 42.6 Å². The number of aromatic nitrogens is 2. The molecule has 16 heteroatoms. The van der Waals surface area contributed by atoms with Crippen LogP contribution in [0.25, 0.3) is 0 Å². The number of halogens is 4. The first kappa shape index (κ1) is 35.3. The predicted octanol–water partition coefficient (Wildman–Crippen LogP) is 5.07. The quantitative estimate of drug-likeness (QED) is 0.250. The number of ether oxygens (including phenoxy) is 1. The maximum Gasteiger partial charge on any atom is 0.421 e. The number of hydrogen-bond acceptors (Lipinski definition) is 9. The van der Waals surface area contributed by atoms with Crippen LogP contribution in [0.5, 0.6) is 0 Å². The van der Waals surface area contributed by atoms with Gasteiger partial charge in [0, 0.05) is 50.5 Å². The Labute approximate surface area is 277 Å². The van der Waals surface area contributed by atoms with Gasteiger partial charge in [0.2, 0.25) is 16.0 Å². The van der Waals surface area contributed by atoms with E-state index in [-0.39, 0.29) is 35.5 Å². The first-order valence-corrected chi connectivity index (χ1v) is 17.4. The minimum absolute atomic E-state index is 0.0233. The molecule has 1 amide bonds. The topological polar surface area (TPSA) is 129 Å². The summed E-state index contributed by atoms with van der Waals surface area (Å²) in [6, 6.07) is 9.14. The molecule has 0 bridgehead atoms. The molecule has 0 radical (unpaired) electrons. The van der Waals surface area contributed by atoms with E-state index in [0.29, 0.717) is 17.8 Å². The highest BCUT2D eigenvalue weighted by Crippen LogP contribution is 2.35. The van der Waals surface area contributed by atoms with Crippen LogP contribution in [0, 0.1) is 12.7 Å². The standard InChI is InChI=1S/C32H39F4N7O4S/c1-20-4-5-22(28(16-20)42(2)48(3,45)46)18-37-29-25(32(34,35)36)19-38-31(41-29)40-27-11-6-21(17-26(27)33)30(44)39-23-7-9-24(10-8-23)43-12-14-47-15-13-43/h4-6,11,16-17,19,23-24H,7-10,12-15,18H2,1-3H3,(H,39,44)(H2,37,38,40,41). The van der Waals surface area contributed by atoms with Gasteiger partial charge in [-0.15, -0.1) is 0 Å². The molecule has 0 atom stereocenters. The largest absolute Gasteiger partial charge is 0.421 e. The van der Waals surface area contributed by atoms with Crippen molar-refractivity contribution in [1.29, 1.82) is 0 Å². The zero-order valence-corrected chi connectivity index (χ0v) is 27.7. The Hall–Kier alpha value is -4.02. The lowest BCUT2D eigenvalue weighted by atomic mass is 9.89. The first-order chi connectivity index (χ1) is 22.7. The van der Waals surface area contributed by atoms with Crippen molar-refractivity contribution in [3.63, 3.8) is 0 Å². The maximum absolute atomic E-state index is 15.2. The van der Waals surface area contributed by atoms with Gasteiger partial charge in [0.05, 0.1) is 30.8 Å². The van der Waals surface area contributed by atoms with Crippen molar-refractivity contribution < 1.29 is 35.5 Å². The number of aryl methyl sites for hydroxylation is 1. The molecule has 0 unspecified atom stereocenters. The van der Waals surface area contributed by atoms with Crippen molar-refractivity contribution in [1.82, 2.24) is 20.2 Å². The second-order valence-corrected chi connectivity index (χ2v) is 14.1. The first-order valence-electron chi connectivity index (χ1n) is 15.6. The highest BCUT2D eigenvalue weighted by Gasteiger charge is 2.35. The molecule has 0 spiro atoms. The number of benzene rings is 2. The van der Waals surface area contributed by atoms with Crippen molar-refractivity contribution in [2.75, 3.05) is 54.5 Å². The number of anilines is 4. The molecule has 3 N–H and O–H groups in total.